The number of alkyl halides is 2. The van der Waals surface area contributed by atoms with Gasteiger partial charge in [-0.15, -0.1) is 0 Å². The third-order valence-corrected chi connectivity index (χ3v) is 3.91. The Kier molecular flexibility index (Phi) is 3.15. The highest BCUT2D eigenvalue weighted by Crippen LogP contribution is 2.16. The van der Waals surface area contributed by atoms with E-state index in [0.717, 1.165) is 15.9 Å². The van der Waals surface area contributed by atoms with Crippen molar-refractivity contribution in [3.63, 3.8) is 0 Å². The van der Waals surface area contributed by atoms with E-state index < -0.39 is 24.0 Å². The van der Waals surface area contributed by atoms with Gasteiger partial charge in [0.1, 0.15) is 6.54 Å². The normalized spacial score (nSPS) is 15.9. The van der Waals surface area contributed by atoms with Gasteiger partial charge in [0.25, 0.3) is 6.43 Å². The minimum atomic E-state index is -2.49. The van der Waals surface area contributed by atoms with Gasteiger partial charge in [-0.1, -0.05) is 0 Å². The van der Waals surface area contributed by atoms with E-state index in [1.807, 2.05) is 0 Å². The van der Waals surface area contributed by atoms with Gasteiger partial charge in [0, 0.05) is 31.0 Å². The molecule has 2 aromatic rings. The molecule has 0 bridgehead atoms. The molecule has 1 unspecified atom stereocenters. The number of fused-ring (bicyclic) bond motifs is 1. The molecular formula is C10H11F2N5OS. The molecule has 2 aromatic heterocycles. The summed E-state index contributed by atoms with van der Waals surface area (Å²) >= 11 is 0. The molecule has 1 aliphatic rings. The van der Waals surface area contributed by atoms with Gasteiger partial charge in [-0.25, -0.2) is 13.0 Å². The molecule has 3 heterocycles. The molecule has 0 saturated heterocycles. The van der Waals surface area contributed by atoms with Crippen LogP contribution in [0.4, 0.5) is 8.78 Å². The van der Waals surface area contributed by atoms with Gasteiger partial charge >= 0.3 is 0 Å². The van der Waals surface area contributed by atoms with Gasteiger partial charge in [-0.3, -0.25) is 4.68 Å². The summed E-state index contributed by atoms with van der Waals surface area (Å²) in [5.41, 5.74) is 1.88. The molecule has 1 N–H and O–H groups in total. The standard InChI is InChI=1S/C10H11F2N5OS/c11-10(12)6-16-5-8(2-14-16)19(18)17-4-7-1-13-3-9(7)15-17/h2,4-5,10,13H,1,3,6H2. The number of nitrogens with one attached hydrogen (secondary N) is 1. The fourth-order valence-corrected chi connectivity index (χ4v) is 2.86. The molecule has 0 radical (unpaired) electrons. The van der Waals surface area contributed by atoms with Crippen molar-refractivity contribution >= 4 is 11.0 Å². The summed E-state index contributed by atoms with van der Waals surface area (Å²) in [6.45, 7) is 0.859. The molecule has 0 amide bonds. The Morgan fingerprint density at radius 2 is 2.26 bits per heavy atom. The van der Waals surface area contributed by atoms with E-state index in [2.05, 4.69) is 15.5 Å². The molecule has 1 atom stereocenters. The molecule has 0 aliphatic carbocycles. The number of nitrogens with zero attached hydrogens (tertiary/aromatic N) is 4. The van der Waals surface area contributed by atoms with Crippen molar-refractivity contribution in [2.45, 2.75) is 31.0 Å². The molecule has 0 fully saturated rings. The Balaban J connectivity index is 1.81. The molecule has 9 heteroatoms. The second-order valence-electron chi connectivity index (χ2n) is 4.15. The van der Waals surface area contributed by atoms with E-state index in [1.165, 1.54) is 16.5 Å². The topological polar surface area (TPSA) is 64.7 Å². The molecule has 6 nitrogen and oxygen atoms in total. The molecule has 1 aliphatic heterocycles. The molecule has 3 rings (SSSR count). The lowest BCUT2D eigenvalue weighted by Gasteiger charge is -1.99. The number of halogens is 2. The van der Waals surface area contributed by atoms with Gasteiger partial charge < -0.3 is 5.32 Å². The Hall–Kier alpha value is -1.61. The average Bonchev–Trinajstić information content (AvgIpc) is 2.99. The van der Waals surface area contributed by atoms with Gasteiger partial charge in [0.2, 0.25) is 0 Å². The molecule has 102 valence electrons. The van der Waals surface area contributed by atoms with Gasteiger partial charge in [-0.05, 0) is 0 Å². The number of rotatable bonds is 4. The minimum absolute atomic E-state index is 0.356. The Labute approximate surface area is 110 Å². The van der Waals surface area contributed by atoms with Gasteiger partial charge in [0.05, 0.1) is 16.8 Å². The Morgan fingerprint density at radius 3 is 3.00 bits per heavy atom. The van der Waals surface area contributed by atoms with Crippen LogP contribution in [-0.4, -0.2) is 29.6 Å². The highest BCUT2D eigenvalue weighted by Gasteiger charge is 2.18. The Morgan fingerprint density at radius 1 is 1.42 bits per heavy atom. The van der Waals surface area contributed by atoms with Crippen molar-refractivity contribution in [2.24, 2.45) is 0 Å². The van der Waals surface area contributed by atoms with Crippen molar-refractivity contribution in [1.29, 1.82) is 0 Å². The van der Waals surface area contributed by atoms with Crippen molar-refractivity contribution in [2.75, 3.05) is 0 Å². The zero-order valence-corrected chi connectivity index (χ0v) is 10.6. The summed E-state index contributed by atoms with van der Waals surface area (Å²) in [4.78, 5) is 0.356. The summed E-state index contributed by atoms with van der Waals surface area (Å²) in [6.07, 6.45) is 1.90. The van der Waals surface area contributed by atoms with Crippen LogP contribution < -0.4 is 5.32 Å². The van der Waals surface area contributed by atoms with Crippen LogP contribution in [0.2, 0.25) is 0 Å². The lowest BCUT2D eigenvalue weighted by molar-refractivity contribution is 0.121. The van der Waals surface area contributed by atoms with Crippen LogP contribution in [0.15, 0.2) is 23.5 Å². The monoisotopic (exact) mass is 287 g/mol. The van der Waals surface area contributed by atoms with Crippen LogP contribution in [0.3, 0.4) is 0 Å². The summed E-state index contributed by atoms with van der Waals surface area (Å²) in [6, 6.07) is 0. The third-order valence-electron chi connectivity index (χ3n) is 2.77. The Bertz CT molecular complexity index is 602. The minimum Gasteiger partial charge on any atom is -0.307 e. The van der Waals surface area contributed by atoms with E-state index in [0.29, 0.717) is 18.0 Å². The van der Waals surface area contributed by atoms with Crippen LogP contribution in [0, 0.1) is 0 Å². The highest BCUT2D eigenvalue weighted by molar-refractivity contribution is 7.83. The van der Waals surface area contributed by atoms with E-state index in [4.69, 9.17) is 0 Å². The van der Waals surface area contributed by atoms with Crippen molar-refractivity contribution in [1.82, 2.24) is 24.3 Å². The predicted octanol–water partition coefficient (Wildman–Crippen LogP) is 0.519. The maximum atomic E-state index is 12.2. The molecule has 0 spiro atoms. The summed E-state index contributed by atoms with van der Waals surface area (Å²) in [7, 11) is -1.55. The quantitative estimate of drug-likeness (QED) is 0.890. The van der Waals surface area contributed by atoms with Crippen LogP contribution >= 0.6 is 0 Å². The smallest absolute Gasteiger partial charge is 0.257 e. The lowest BCUT2D eigenvalue weighted by atomic mass is 10.3. The second-order valence-corrected chi connectivity index (χ2v) is 5.49. The first-order valence-electron chi connectivity index (χ1n) is 5.64. The molecule has 0 aromatic carbocycles. The highest BCUT2D eigenvalue weighted by atomic mass is 32.2. The van der Waals surface area contributed by atoms with Crippen LogP contribution in [0.25, 0.3) is 0 Å². The summed E-state index contributed by atoms with van der Waals surface area (Å²) in [5, 5.41) is 11.1. The first kappa shape index (κ1) is 12.4. The maximum Gasteiger partial charge on any atom is 0.257 e. The van der Waals surface area contributed by atoms with E-state index in [1.54, 1.807) is 6.20 Å². The summed E-state index contributed by atoms with van der Waals surface area (Å²) < 4.78 is 39.0. The van der Waals surface area contributed by atoms with Crippen LogP contribution in [-0.2, 0) is 30.6 Å². The van der Waals surface area contributed by atoms with Gasteiger partial charge in [0.15, 0.2) is 11.0 Å². The maximum absolute atomic E-state index is 12.2. The van der Waals surface area contributed by atoms with Crippen molar-refractivity contribution < 1.29 is 13.0 Å². The first-order valence-corrected chi connectivity index (χ1v) is 6.75. The van der Waals surface area contributed by atoms with E-state index in [9.17, 15) is 13.0 Å². The molecule has 0 saturated carbocycles. The predicted molar refractivity (Wildman–Crippen MR) is 62.8 cm³/mol. The SMILES string of the molecule is O=S(c1cnn(CC(F)F)c1)n1cc2c(n1)CNC2. The van der Waals surface area contributed by atoms with Crippen LogP contribution in [0.5, 0.6) is 0 Å². The van der Waals surface area contributed by atoms with Crippen molar-refractivity contribution in [3.05, 3.63) is 29.8 Å². The van der Waals surface area contributed by atoms with Crippen LogP contribution in [0.1, 0.15) is 11.3 Å². The third kappa shape index (κ3) is 2.43. The van der Waals surface area contributed by atoms with Crippen molar-refractivity contribution in [3.8, 4) is 0 Å². The molecular weight excluding hydrogens is 276 g/mol. The lowest BCUT2D eigenvalue weighted by Crippen LogP contribution is -2.09. The van der Waals surface area contributed by atoms with Gasteiger partial charge in [-0.2, -0.15) is 14.3 Å². The fourth-order valence-electron chi connectivity index (χ4n) is 1.90. The number of hydrogen-bond acceptors (Lipinski definition) is 4. The number of hydrogen-bond donors (Lipinski definition) is 1. The number of aromatic nitrogens is 4. The second kappa shape index (κ2) is 4.82. The fraction of sp³-hybridized carbons (Fsp3) is 0.400. The zero-order chi connectivity index (χ0) is 13.4. The first-order chi connectivity index (χ1) is 9.13. The average molecular weight is 287 g/mol. The zero-order valence-electron chi connectivity index (χ0n) is 9.79. The van der Waals surface area contributed by atoms with E-state index >= 15 is 0 Å². The van der Waals surface area contributed by atoms with E-state index in [-0.39, 0.29) is 0 Å². The molecule has 19 heavy (non-hydrogen) atoms. The largest absolute Gasteiger partial charge is 0.307 e. The summed E-state index contributed by atoms with van der Waals surface area (Å²) in [5.74, 6) is 0.